The van der Waals surface area contributed by atoms with Crippen LogP contribution in [0.4, 0.5) is 5.82 Å². The molecule has 0 saturated carbocycles. The maximum Gasteiger partial charge on any atom is 0.265 e. The molecule has 4 heterocycles. The Morgan fingerprint density at radius 1 is 1.19 bits per heavy atom. The maximum atomic E-state index is 12.2. The van der Waals surface area contributed by atoms with Crippen LogP contribution in [0.15, 0.2) is 30.5 Å². The van der Waals surface area contributed by atoms with Gasteiger partial charge in [-0.05, 0) is 43.7 Å². The van der Waals surface area contributed by atoms with E-state index in [1.54, 1.807) is 7.11 Å². The standard InChI is InChI=1S/C19H17N5O2/c1-9-8-11-15(18(21)25)17(20)23-16-10(2)14(26-3)5-4-13(16)22-7-6-12(9)24(22)19(11)23/h4-8H,1-3H3,(H3-,20,21,25)/p+1. The Kier molecular flexibility index (Phi) is 2.61. The molecule has 4 N–H and O–H groups in total. The van der Waals surface area contributed by atoms with E-state index in [0.29, 0.717) is 11.4 Å². The number of fused-ring (bicyclic) bond motifs is 3. The molecule has 130 valence electrons. The first-order valence-electron chi connectivity index (χ1n) is 8.30. The summed E-state index contributed by atoms with van der Waals surface area (Å²) in [6.45, 7) is 4.00. The number of carbonyl (C=O) groups is 1. The van der Waals surface area contributed by atoms with Gasteiger partial charge in [-0.3, -0.25) is 4.79 Å². The van der Waals surface area contributed by atoms with E-state index >= 15 is 0 Å². The lowest BCUT2D eigenvalue weighted by Crippen LogP contribution is -2.30. The number of primary amides is 1. The number of carbonyl (C=O) groups excluding carboxylic acids is 1. The van der Waals surface area contributed by atoms with Gasteiger partial charge < -0.3 is 16.2 Å². The van der Waals surface area contributed by atoms with Gasteiger partial charge in [0.05, 0.1) is 12.5 Å². The fourth-order valence-corrected chi connectivity index (χ4v) is 4.17. The minimum absolute atomic E-state index is 0.344. The molecule has 0 atom stereocenters. The third-order valence-corrected chi connectivity index (χ3v) is 5.30. The van der Waals surface area contributed by atoms with E-state index in [4.69, 9.17) is 16.2 Å². The van der Waals surface area contributed by atoms with Crippen LogP contribution in [-0.4, -0.2) is 22.0 Å². The van der Waals surface area contributed by atoms with Crippen LogP contribution in [0.3, 0.4) is 0 Å². The summed E-state index contributed by atoms with van der Waals surface area (Å²) in [4.78, 5) is 12.2. The minimum Gasteiger partial charge on any atom is -0.496 e. The second-order valence-electron chi connectivity index (χ2n) is 6.64. The van der Waals surface area contributed by atoms with E-state index in [2.05, 4.69) is 15.1 Å². The molecule has 5 rings (SSSR count). The number of benzene rings is 1. The van der Waals surface area contributed by atoms with Crippen LogP contribution in [0.25, 0.3) is 27.6 Å². The van der Waals surface area contributed by atoms with Gasteiger partial charge in [-0.2, -0.15) is 8.92 Å². The normalized spacial score (nSPS) is 12.1. The largest absolute Gasteiger partial charge is 0.496 e. The smallest absolute Gasteiger partial charge is 0.265 e. The summed E-state index contributed by atoms with van der Waals surface area (Å²) in [6.07, 6.45) is 2.02. The first-order chi connectivity index (χ1) is 12.5. The van der Waals surface area contributed by atoms with E-state index in [-0.39, 0.29) is 0 Å². The average Bonchev–Trinajstić information content (AvgIpc) is 3.15. The van der Waals surface area contributed by atoms with E-state index in [1.807, 2.05) is 42.6 Å². The quantitative estimate of drug-likeness (QED) is 0.377. The van der Waals surface area contributed by atoms with Crippen molar-refractivity contribution in [1.82, 2.24) is 9.03 Å². The molecule has 4 aromatic heterocycles. The maximum absolute atomic E-state index is 12.2. The SMILES string of the molecule is COc1ccc2c(c1C)[n+]1c(N)c(C(N)=O)c3cc(C)c4ccn2n4c31. The molecule has 7 nitrogen and oxygen atoms in total. The van der Waals surface area contributed by atoms with Crippen molar-refractivity contribution in [3.63, 3.8) is 0 Å². The van der Waals surface area contributed by atoms with Crippen LogP contribution >= 0.6 is 0 Å². The second-order valence-corrected chi connectivity index (χ2v) is 6.64. The van der Waals surface area contributed by atoms with Crippen molar-refractivity contribution in [3.05, 3.63) is 47.2 Å². The molecule has 0 spiro atoms. The highest BCUT2D eigenvalue weighted by Gasteiger charge is 2.30. The van der Waals surface area contributed by atoms with Crippen molar-refractivity contribution >= 4 is 39.3 Å². The molecule has 0 bridgehead atoms. The zero-order valence-corrected chi connectivity index (χ0v) is 14.7. The molecule has 1 aromatic carbocycles. The number of methoxy groups -OCH3 is 1. The van der Waals surface area contributed by atoms with Crippen LogP contribution in [0.5, 0.6) is 5.75 Å². The molecule has 0 aliphatic rings. The molecule has 0 radical (unpaired) electrons. The number of hydrogen-bond acceptors (Lipinski definition) is 3. The van der Waals surface area contributed by atoms with E-state index in [0.717, 1.165) is 44.5 Å². The zero-order valence-electron chi connectivity index (χ0n) is 14.7. The molecule has 0 saturated heterocycles. The highest BCUT2D eigenvalue weighted by molar-refractivity contribution is 6.09. The van der Waals surface area contributed by atoms with E-state index in [9.17, 15) is 4.79 Å². The molecule has 0 aliphatic carbocycles. The predicted molar refractivity (Wildman–Crippen MR) is 99.2 cm³/mol. The van der Waals surface area contributed by atoms with Crippen molar-refractivity contribution in [2.45, 2.75) is 13.8 Å². The summed E-state index contributed by atoms with van der Waals surface area (Å²) < 4.78 is 11.5. The first kappa shape index (κ1) is 14.8. The fourth-order valence-electron chi connectivity index (χ4n) is 4.17. The van der Waals surface area contributed by atoms with Crippen molar-refractivity contribution in [1.29, 1.82) is 0 Å². The van der Waals surface area contributed by atoms with Crippen LogP contribution < -0.4 is 20.6 Å². The van der Waals surface area contributed by atoms with Crippen LogP contribution in [0, 0.1) is 13.8 Å². The van der Waals surface area contributed by atoms with Crippen LogP contribution in [-0.2, 0) is 0 Å². The van der Waals surface area contributed by atoms with Gasteiger partial charge in [0.1, 0.15) is 27.9 Å². The van der Waals surface area contributed by atoms with E-state index in [1.165, 1.54) is 0 Å². The van der Waals surface area contributed by atoms with Gasteiger partial charge in [-0.15, -0.1) is 0 Å². The van der Waals surface area contributed by atoms with Crippen molar-refractivity contribution in [3.8, 4) is 5.75 Å². The Hall–Kier alpha value is -3.48. The third-order valence-electron chi connectivity index (χ3n) is 5.30. The van der Waals surface area contributed by atoms with Crippen LogP contribution in [0.1, 0.15) is 21.5 Å². The molecule has 5 aromatic rings. The van der Waals surface area contributed by atoms with Crippen molar-refractivity contribution in [2.75, 3.05) is 12.8 Å². The van der Waals surface area contributed by atoms with Crippen LogP contribution in [0.2, 0.25) is 0 Å². The Morgan fingerprint density at radius 3 is 2.65 bits per heavy atom. The monoisotopic (exact) mass is 348 g/mol. The van der Waals surface area contributed by atoms with Gasteiger partial charge in [0, 0.05) is 11.8 Å². The summed E-state index contributed by atoms with van der Waals surface area (Å²) in [7, 11) is 1.64. The zero-order chi connectivity index (χ0) is 18.3. The van der Waals surface area contributed by atoms with Crippen molar-refractivity contribution in [2.24, 2.45) is 5.73 Å². The number of amides is 1. The van der Waals surface area contributed by atoms with Gasteiger partial charge in [-0.1, -0.05) is 0 Å². The molecule has 1 amide bonds. The Morgan fingerprint density at radius 2 is 1.96 bits per heavy atom. The predicted octanol–water partition coefficient (Wildman–Crippen LogP) is 1.83. The lowest BCUT2D eigenvalue weighted by Gasteiger charge is -2.12. The molecule has 0 aliphatic heterocycles. The Labute approximate surface area is 148 Å². The number of ether oxygens (including phenoxy) is 1. The number of aromatic nitrogens is 3. The summed E-state index contributed by atoms with van der Waals surface area (Å²) in [5.41, 5.74) is 18.2. The summed E-state index contributed by atoms with van der Waals surface area (Å²) in [5, 5.41) is 0.748. The number of pyridine rings is 1. The number of anilines is 1. The lowest BCUT2D eigenvalue weighted by atomic mass is 10.1. The fraction of sp³-hybridized carbons (Fsp3) is 0.158. The molecule has 0 fully saturated rings. The number of nitrogens with two attached hydrogens (primary N) is 2. The van der Waals surface area contributed by atoms with Gasteiger partial charge in [0.15, 0.2) is 0 Å². The van der Waals surface area contributed by atoms with Gasteiger partial charge in [0.25, 0.3) is 11.6 Å². The number of rotatable bonds is 2. The van der Waals surface area contributed by atoms with Gasteiger partial charge in [0.2, 0.25) is 5.82 Å². The van der Waals surface area contributed by atoms with Crippen molar-refractivity contribution < 1.29 is 13.9 Å². The highest BCUT2D eigenvalue weighted by atomic mass is 16.5. The summed E-state index contributed by atoms with van der Waals surface area (Å²) in [6, 6.07) is 7.96. The van der Waals surface area contributed by atoms with E-state index < -0.39 is 5.91 Å². The number of hydrogen-bond donors (Lipinski definition) is 2. The molecular formula is C19H18N5O2+. The van der Waals surface area contributed by atoms with Gasteiger partial charge >= 0.3 is 0 Å². The lowest BCUT2D eigenvalue weighted by molar-refractivity contribution is -0.465. The van der Waals surface area contributed by atoms with Gasteiger partial charge in [-0.25, -0.2) is 4.52 Å². The molecule has 0 unspecified atom stereocenters. The summed E-state index contributed by atoms with van der Waals surface area (Å²) >= 11 is 0. The highest BCUT2D eigenvalue weighted by Crippen LogP contribution is 2.32. The minimum atomic E-state index is -0.535. The third kappa shape index (κ3) is 1.49. The first-order valence-corrected chi connectivity index (χ1v) is 8.30. The Bertz CT molecular complexity index is 1380. The molecular weight excluding hydrogens is 330 g/mol. The number of aryl methyl sites for hydroxylation is 2. The summed E-state index contributed by atoms with van der Waals surface area (Å²) in [5.74, 6) is 0.569. The topological polar surface area (TPSA) is 91.3 Å². The second kappa shape index (κ2) is 4.57. The molecule has 26 heavy (non-hydrogen) atoms. The number of nitrogen functional groups attached to an aromatic ring is 1. The number of nitrogens with zero attached hydrogens (tertiary/aromatic N) is 3. The Balaban J connectivity index is 2.24. The average molecular weight is 348 g/mol. The molecule has 7 heteroatoms.